The zero-order valence-electron chi connectivity index (χ0n) is 15.3. The SMILES string of the molecule is CC(C)(C)OC(=O)N1CCC(/C=C\c2ccc3c(c2)OCCO3)CC1. The van der Waals surface area contributed by atoms with Gasteiger partial charge in [0.1, 0.15) is 18.8 Å². The Labute approximate surface area is 149 Å². The number of carbonyl (C=O) groups excluding carboxylic acids is 1. The van der Waals surface area contributed by atoms with Gasteiger partial charge in [-0.2, -0.15) is 0 Å². The summed E-state index contributed by atoms with van der Waals surface area (Å²) in [5.41, 5.74) is 0.672. The summed E-state index contributed by atoms with van der Waals surface area (Å²) in [5.74, 6) is 2.11. The lowest BCUT2D eigenvalue weighted by molar-refractivity contribution is 0.0197. The molecule has 0 atom stereocenters. The number of nitrogens with zero attached hydrogens (tertiary/aromatic N) is 1. The van der Waals surface area contributed by atoms with Crippen molar-refractivity contribution in [2.24, 2.45) is 5.92 Å². The van der Waals surface area contributed by atoms with E-state index in [0.29, 0.717) is 19.1 Å². The first-order valence-electron chi connectivity index (χ1n) is 8.96. The number of allylic oxidation sites excluding steroid dienone is 1. The van der Waals surface area contributed by atoms with Crippen molar-refractivity contribution < 1.29 is 19.0 Å². The molecule has 5 heteroatoms. The Balaban J connectivity index is 1.52. The molecule has 0 aliphatic carbocycles. The third kappa shape index (κ3) is 4.91. The molecule has 136 valence electrons. The third-order valence-corrected chi connectivity index (χ3v) is 4.32. The smallest absolute Gasteiger partial charge is 0.410 e. The average Bonchev–Trinajstić information content (AvgIpc) is 2.59. The Morgan fingerprint density at radius 3 is 2.52 bits per heavy atom. The van der Waals surface area contributed by atoms with Gasteiger partial charge in [0.2, 0.25) is 0 Å². The molecule has 0 spiro atoms. The number of hydrogen-bond donors (Lipinski definition) is 0. The summed E-state index contributed by atoms with van der Waals surface area (Å²) >= 11 is 0. The standard InChI is InChI=1S/C20H27NO4/c1-20(2,3)25-19(22)21-10-8-15(9-11-21)4-5-16-6-7-17-18(14-16)24-13-12-23-17/h4-7,14-15H,8-13H2,1-3H3/b5-4-. The summed E-state index contributed by atoms with van der Waals surface area (Å²) in [7, 11) is 0. The molecule has 5 nitrogen and oxygen atoms in total. The molecule has 0 unspecified atom stereocenters. The van der Waals surface area contributed by atoms with Gasteiger partial charge in [-0.15, -0.1) is 0 Å². The van der Waals surface area contributed by atoms with Gasteiger partial charge in [0, 0.05) is 13.1 Å². The van der Waals surface area contributed by atoms with Crippen LogP contribution in [0.5, 0.6) is 11.5 Å². The molecule has 2 aliphatic heterocycles. The highest BCUT2D eigenvalue weighted by Crippen LogP contribution is 2.31. The topological polar surface area (TPSA) is 48.0 Å². The quantitative estimate of drug-likeness (QED) is 0.809. The number of hydrogen-bond acceptors (Lipinski definition) is 4. The van der Waals surface area contributed by atoms with Crippen molar-refractivity contribution in [1.29, 1.82) is 0 Å². The second-order valence-electron chi connectivity index (χ2n) is 7.57. The lowest BCUT2D eigenvalue weighted by Gasteiger charge is -2.32. The molecule has 0 radical (unpaired) electrons. The van der Waals surface area contributed by atoms with Gasteiger partial charge in [0.25, 0.3) is 0 Å². The zero-order chi connectivity index (χ0) is 17.9. The maximum absolute atomic E-state index is 12.1. The van der Waals surface area contributed by atoms with Crippen LogP contribution < -0.4 is 9.47 Å². The second-order valence-corrected chi connectivity index (χ2v) is 7.57. The molecule has 0 aromatic heterocycles. The Bertz CT molecular complexity index is 640. The molecule has 2 aliphatic rings. The summed E-state index contributed by atoms with van der Waals surface area (Å²) < 4.78 is 16.6. The summed E-state index contributed by atoms with van der Waals surface area (Å²) in [6.45, 7) is 8.38. The predicted octanol–water partition coefficient (Wildman–Crippen LogP) is 4.12. The minimum Gasteiger partial charge on any atom is -0.486 e. The fraction of sp³-hybridized carbons (Fsp3) is 0.550. The Kier molecular flexibility index (Phi) is 5.21. The summed E-state index contributed by atoms with van der Waals surface area (Å²) in [6.07, 6.45) is 6.08. The van der Waals surface area contributed by atoms with E-state index in [1.807, 2.05) is 39.0 Å². The van der Waals surface area contributed by atoms with Gasteiger partial charge in [-0.05, 0) is 57.2 Å². The van der Waals surface area contributed by atoms with Crippen LogP contribution >= 0.6 is 0 Å². The van der Waals surface area contributed by atoms with Crippen LogP contribution in [0.2, 0.25) is 0 Å². The van der Waals surface area contributed by atoms with Gasteiger partial charge in [-0.25, -0.2) is 4.79 Å². The van der Waals surface area contributed by atoms with E-state index in [1.165, 1.54) is 0 Å². The summed E-state index contributed by atoms with van der Waals surface area (Å²) in [4.78, 5) is 13.9. The van der Waals surface area contributed by atoms with Gasteiger partial charge in [0.05, 0.1) is 0 Å². The molecule has 25 heavy (non-hydrogen) atoms. The number of ether oxygens (including phenoxy) is 3. The van der Waals surface area contributed by atoms with Crippen LogP contribution in [-0.4, -0.2) is 42.9 Å². The van der Waals surface area contributed by atoms with E-state index in [2.05, 4.69) is 12.2 Å². The molecule has 1 fully saturated rings. The molecule has 1 aromatic carbocycles. The Hall–Kier alpha value is -2.17. The highest BCUT2D eigenvalue weighted by molar-refractivity contribution is 5.68. The van der Waals surface area contributed by atoms with Crippen molar-refractivity contribution in [3.05, 3.63) is 29.8 Å². The van der Waals surface area contributed by atoms with Gasteiger partial charge < -0.3 is 19.1 Å². The first-order valence-corrected chi connectivity index (χ1v) is 8.96. The zero-order valence-corrected chi connectivity index (χ0v) is 15.3. The maximum Gasteiger partial charge on any atom is 0.410 e. The maximum atomic E-state index is 12.1. The fourth-order valence-corrected chi connectivity index (χ4v) is 3.01. The molecular weight excluding hydrogens is 318 g/mol. The third-order valence-electron chi connectivity index (χ3n) is 4.32. The van der Waals surface area contributed by atoms with Crippen LogP contribution in [0, 0.1) is 5.92 Å². The van der Waals surface area contributed by atoms with Gasteiger partial charge in [0.15, 0.2) is 11.5 Å². The molecular formula is C20H27NO4. The van der Waals surface area contributed by atoms with Crippen LogP contribution in [-0.2, 0) is 4.74 Å². The van der Waals surface area contributed by atoms with Crippen LogP contribution in [0.1, 0.15) is 39.2 Å². The monoisotopic (exact) mass is 345 g/mol. The van der Waals surface area contributed by atoms with E-state index in [9.17, 15) is 4.79 Å². The molecule has 2 heterocycles. The van der Waals surface area contributed by atoms with Crippen molar-refractivity contribution in [3.63, 3.8) is 0 Å². The normalized spacial score (nSPS) is 18.4. The largest absolute Gasteiger partial charge is 0.486 e. The number of likely N-dealkylation sites (tertiary alicyclic amines) is 1. The van der Waals surface area contributed by atoms with Crippen molar-refractivity contribution in [1.82, 2.24) is 4.90 Å². The molecule has 0 N–H and O–H groups in total. The van der Waals surface area contributed by atoms with Crippen LogP contribution in [0.15, 0.2) is 24.3 Å². The first-order chi connectivity index (χ1) is 11.9. The molecule has 1 amide bonds. The van der Waals surface area contributed by atoms with E-state index in [-0.39, 0.29) is 6.09 Å². The number of piperidine rings is 1. The highest BCUT2D eigenvalue weighted by Gasteiger charge is 2.25. The number of rotatable bonds is 2. The molecule has 1 saturated heterocycles. The highest BCUT2D eigenvalue weighted by atomic mass is 16.6. The molecule has 1 aromatic rings. The summed E-state index contributed by atoms with van der Waals surface area (Å²) in [6, 6.07) is 6.01. The first kappa shape index (κ1) is 17.6. The van der Waals surface area contributed by atoms with E-state index >= 15 is 0 Å². The molecule has 3 rings (SSSR count). The van der Waals surface area contributed by atoms with Crippen LogP contribution in [0.3, 0.4) is 0 Å². The fourth-order valence-electron chi connectivity index (χ4n) is 3.01. The second kappa shape index (κ2) is 7.38. The Morgan fingerprint density at radius 2 is 1.84 bits per heavy atom. The molecule has 0 saturated carbocycles. The van der Waals surface area contributed by atoms with E-state index in [0.717, 1.165) is 43.0 Å². The van der Waals surface area contributed by atoms with E-state index in [1.54, 1.807) is 4.90 Å². The van der Waals surface area contributed by atoms with E-state index in [4.69, 9.17) is 14.2 Å². The minimum absolute atomic E-state index is 0.207. The van der Waals surface area contributed by atoms with Crippen LogP contribution in [0.4, 0.5) is 4.79 Å². The average molecular weight is 345 g/mol. The van der Waals surface area contributed by atoms with Gasteiger partial charge >= 0.3 is 6.09 Å². The predicted molar refractivity (Wildman–Crippen MR) is 97.0 cm³/mol. The van der Waals surface area contributed by atoms with Crippen molar-refractivity contribution in [2.75, 3.05) is 26.3 Å². The minimum atomic E-state index is -0.438. The van der Waals surface area contributed by atoms with E-state index < -0.39 is 5.60 Å². The lowest BCUT2D eigenvalue weighted by atomic mass is 9.96. The van der Waals surface area contributed by atoms with Crippen LogP contribution in [0.25, 0.3) is 6.08 Å². The van der Waals surface area contributed by atoms with Crippen molar-refractivity contribution in [3.8, 4) is 11.5 Å². The van der Waals surface area contributed by atoms with Crippen molar-refractivity contribution >= 4 is 12.2 Å². The Morgan fingerprint density at radius 1 is 1.16 bits per heavy atom. The number of fused-ring (bicyclic) bond motifs is 1. The van der Waals surface area contributed by atoms with Gasteiger partial charge in [-0.1, -0.05) is 18.2 Å². The lowest BCUT2D eigenvalue weighted by Crippen LogP contribution is -2.41. The molecule has 0 bridgehead atoms. The number of carbonyl (C=O) groups is 1. The van der Waals surface area contributed by atoms with Gasteiger partial charge in [-0.3, -0.25) is 0 Å². The van der Waals surface area contributed by atoms with Crippen molar-refractivity contribution in [2.45, 2.75) is 39.2 Å². The number of benzene rings is 1. The number of amides is 1. The summed E-state index contributed by atoms with van der Waals surface area (Å²) in [5, 5.41) is 0.